The molecule has 2 atom stereocenters. The topological polar surface area (TPSA) is 69.6 Å². The number of piperidine rings is 2. The van der Waals surface area contributed by atoms with Crippen LogP contribution in [0.15, 0.2) is 0 Å². The summed E-state index contributed by atoms with van der Waals surface area (Å²) in [5.41, 5.74) is 0. The van der Waals surface area contributed by atoms with Crippen molar-refractivity contribution < 1.29 is 14.7 Å². The van der Waals surface area contributed by atoms with Gasteiger partial charge in [0.25, 0.3) is 0 Å². The fraction of sp³-hybridized carbons (Fsp3) is 0.833. The summed E-state index contributed by atoms with van der Waals surface area (Å²) in [6.45, 7) is 2.17. The van der Waals surface area contributed by atoms with Crippen molar-refractivity contribution in [2.75, 3.05) is 26.2 Å². The van der Waals surface area contributed by atoms with Crippen LogP contribution in [0.4, 0.5) is 0 Å². The molecule has 0 spiro atoms. The van der Waals surface area contributed by atoms with Crippen molar-refractivity contribution in [3.05, 3.63) is 0 Å². The lowest BCUT2D eigenvalue weighted by Gasteiger charge is -2.35. The Morgan fingerprint density at radius 3 is 3.00 bits per heavy atom. The standard InChI is InChI=1S/C12H20N2O3/c15-8-9-2-1-5-14(7-9)12(17)10-3-4-13-11(16)6-10/h9-10,15H,1-8H2,(H,13,16). The van der Waals surface area contributed by atoms with Gasteiger partial charge in [-0.05, 0) is 25.2 Å². The van der Waals surface area contributed by atoms with Crippen LogP contribution < -0.4 is 5.32 Å². The lowest BCUT2D eigenvalue weighted by atomic mass is 9.93. The largest absolute Gasteiger partial charge is 0.396 e. The number of hydrogen-bond donors (Lipinski definition) is 2. The molecule has 2 unspecified atom stereocenters. The molecule has 0 saturated carbocycles. The summed E-state index contributed by atoms with van der Waals surface area (Å²) in [5, 5.41) is 11.9. The van der Waals surface area contributed by atoms with Crippen LogP contribution in [0.1, 0.15) is 25.7 Å². The van der Waals surface area contributed by atoms with Crippen LogP contribution in [0, 0.1) is 11.8 Å². The van der Waals surface area contributed by atoms with E-state index in [1.807, 2.05) is 4.90 Å². The first-order valence-corrected chi connectivity index (χ1v) is 6.37. The highest BCUT2D eigenvalue weighted by Crippen LogP contribution is 2.21. The van der Waals surface area contributed by atoms with Gasteiger partial charge < -0.3 is 15.3 Å². The molecule has 2 saturated heterocycles. The quantitative estimate of drug-likeness (QED) is 0.699. The molecule has 2 aliphatic rings. The lowest BCUT2D eigenvalue weighted by molar-refractivity contribution is -0.141. The Morgan fingerprint density at radius 1 is 1.47 bits per heavy atom. The third-order valence-electron chi connectivity index (χ3n) is 3.68. The number of amides is 2. The van der Waals surface area contributed by atoms with Crippen LogP contribution in [0.25, 0.3) is 0 Å². The Labute approximate surface area is 101 Å². The summed E-state index contributed by atoms with van der Waals surface area (Å²) >= 11 is 0. The van der Waals surface area contributed by atoms with Crippen LogP contribution in [0.2, 0.25) is 0 Å². The zero-order valence-electron chi connectivity index (χ0n) is 10.0. The van der Waals surface area contributed by atoms with E-state index in [2.05, 4.69) is 5.32 Å². The number of nitrogens with one attached hydrogen (secondary N) is 1. The Balaban J connectivity index is 1.92. The van der Waals surface area contributed by atoms with Crippen LogP contribution in [-0.4, -0.2) is 48.1 Å². The van der Waals surface area contributed by atoms with E-state index in [-0.39, 0.29) is 30.3 Å². The molecule has 2 rings (SSSR count). The number of likely N-dealkylation sites (tertiary alicyclic amines) is 1. The predicted octanol–water partition coefficient (Wildman–Crippen LogP) is -0.257. The summed E-state index contributed by atoms with van der Waals surface area (Å²) < 4.78 is 0. The molecule has 96 valence electrons. The van der Waals surface area contributed by atoms with Crippen molar-refractivity contribution in [3.63, 3.8) is 0 Å². The molecule has 17 heavy (non-hydrogen) atoms. The Morgan fingerprint density at radius 2 is 2.29 bits per heavy atom. The zero-order valence-corrected chi connectivity index (χ0v) is 10.0. The molecular weight excluding hydrogens is 220 g/mol. The van der Waals surface area contributed by atoms with E-state index in [4.69, 9.17) is 5.11 Å². The fourth-order valence-corrected chi connectivity index (χ4v) is 2.67. The number of aliphatic hydroxyl groups excluding tert-OH is 1. The molecule has 2 heterocycles. The van der Waals surface area contributed by atoms with Crippen LogP contribution >= 0.6 is 0 Å². The molecule has 0 aromatic carbocycles. The highest BCUT2D eigenvalue weighted by atomic mass is 16.3. The van der Waals surface area contributed by atoms with E-state index in [1.54, 1.807) is 0 Å². The van der Waals surface area contributed by atoms with Crippen molar-refractivity contribution in [1.82, 2.24) is 10.2 Å². The fourth-order valence-electron chi connectivity index (χ4n) is 2.67. The SMILES string of the molecule is O=C1CC(C(=O)N2CCCC(CO)C2)CCN1. The molecule has 5 nitrogen and oxygen atoms in total. The number of hydrogen-bond acceptors (Lipinski definition) is 3. The summed E-state index contributed by atoms with van der Waals surface area (Å²) in [4.78, 5) is 25.3. The average Bonchev–Trinajstić information content (AvgIpc) is 2.38. The highest BCUT2D eigenvalue weighted by Gasteiger charge is 2.31. The Kier molecular flexibility index (Phi) is 3.99. The van der Waals surface area contributed by atoms with E-state index in [1.165, 1.54) is 0 Å². The lowest BCUT2D eigenvalue weighted by Crippen LogP contribution is -2.47. The first-order chi connectivity index (χ1) is 8.20. The van der Waals surface area contributed by atoms with Gasteiger partial charge >= 0.3 is 0 Å². The number of carbonyl (C=O) groups is 2. The first-order valence-electron chi connectivity index (χ1n) is 6.37. The molecular formula is C12H20N2O3. The molecule has 0 aliphatic carbocycles. The zero-order chi connectivity index (χ0) is 12.3. The van der Waals surface area contributed by atoms with Gasteiger partial charge in [-0.15, -0.1) is 0 Å². The van der Waals surface area contributed by atoms with Crippen molar-refractivity contribution in [3.8, 4) is 0 Å². The average molecular weight is 240 g/mol. The molecule has 2 amide bonds. The minimum atomic E-state index is -0.152. The predicted molar refractivity (Wildman–Crippen MR) is 62.1 cm³/mol. The minimum absolute atomic E-state index is 0.0229. The maximum absolute atomic E-state index is 12.2. The van der Waals surface area contributed by atoms with Crippen LogP contribution in [-0.2, 0) is 9.59 Å². The van der Waals surface area contributed by atoms with Gasteiger partial charge in [0.1, 0.15) is 0 Å². The molecule has 0 bridgehead atoms. The van der Waals surface area contributed by atoms with Gasteiger partial charge in [-0.3, -0.25) is 9.59 Å². The van der Waals surface area contributed by atoms with Gasteiger partial charge in [0.2, 0.25) is 11.8 Å². The molecule has 2 fully saturated rings. The normalized spacial score (nSPS) is 29.9. The second kappa shape index (κ2) is 5.49. The second-order valence-electron chi connectivity index (χ2n) is 5.01. The molecule has 5 heteroatoms. The third kappa shape index (κ3) is 2.97. The van der Waals surface area contributed by atoms with Crippen molar-refractivity contribution >= 4 is 11.8 Å². The Bertz CT molecular complexity index is 306. The van der Waals surface area contributed by atoms with Gasteiger partial charge in [0.15, 0.2) is 0 Å². The summed E-state index contributed by atoms with van der Waals surface area (Å²) in [5.74, 6) is 0.134. The Hall–Kier alpha value is -1.10. The van der Waals surface area contributed by atoms with Crippen molar-refractivity contribution in [2.24, 2.45) is 11.8 Å². The van der Waals surface area contributed by atoms with Crippen molar-refractivity contribution in [1.29, 1.82) is 0 Å². The minimum Gasteiger partial charge on any atom is -0.396 e. The van der Waals surface area contributed by atoms with Crippen LogP contribution in [0.5, 0.6) is 0 Å². The van der Waals surface area contributed by atoms with Gasteiger partial charge in [0.05, 0.1) is 0 Å². The first kappa shape index (κ1) is 12.4. The van der Waals surface area contributed by atoms with Gasteiger partial charge in [-0.1, -0.05) is 0 Å². The number of rotatable bonds is 2. The third-order valence-corrected chi connectivity index (χ3v) is 3.68. The highest BCUT2D eigenvalue weighted by molar-refractivity contribution is 5.86. The van der Waals surface area contributed by atoms with E-state index >= 15 is 0 Å². The maximum atomic E-state index is 12.2. The number of nitrogens with zero attached hydrogens (tertiary/aromatic N) is 1. The second-order valence-corrected chi connectivity index (χ2v) is 5.01. The molecule has 2 aliphatic heterocycles. The van der Waals surface area contributed by atoms with Gasteiger partial charge in [-0.2, -0.15) is 0 Å². The van der Waals surface area contributed by atoms with Gasteiger partial charge in [0, 0.05) is 38.6 Å². The molecule has 0 aromatic heterocycles. The molecule has 2 N–H and O–H groups in total. The van der Waals surface area contributed by atoms with Crippen molar-refractivity contribution in [2.45, 2.75) is 25.7 Å². The number of carbonyl (C=O) groups excluding carboxylic acids is 2. The van der Waals surface area contributed by atoms with Gasteiger partial charge in [-0.25, -0.2) is 0 Å². The van der Waals surface area contributed by atoms with Crippen LogP contribution in [0.3, 0.4) is 0 Å². The molecule has 0 radical (unpaired) electrons. The summed E-state index contributed by atoms with van der Waals surface area (Å²) in [6, 6.07) is 0. The summed E-state index contributed by atoms with van der Waals surface area (Å²) in [6.07, 6.45) is 3.01. The van der Waals surface area contributed by atoms with E-state index in [0.29, 0.717) is 19.5 Å². The van der Waals surface area contributed by atoms with E-state index < -0.39 is 0 Å². The molecule has 0 aromatic rings. The monoisotopic (exact) mass is 240 g/mol. The number of aliphatic hydroxyl groups is 1. The smallest absolute Gasteiger partial charge is 0.226 e. The maximum Gasteiger partial charge on any atom is 0.226 e. The van der Waals surface area contributed by atoms with E-state index in [9.17, 15) is 9.59 Å². The summed E-state index contributed by atoms with van der Waals surface area (Å²) in [7, 11) is 0. The van der Waals surface area contributed by atoms with E-state index in [0.717, 1.165) is 25.8 Å².